The van der Waals surface area contributed by atoms with E-state index in [0.717, 1.165) is 44.6 Å². The van der Waals surface area contributed by atoms with Crippen molar-refractivity contribution in [1.82, 2.24) is 10.2 Å². The monoisotopic (exact) mass is 400 g/mol. The number of nitrogens with one attached hydrogen (secondary N) is 1. The Morgan fingerprint density at radius 1 is 1.14 bits per heavy atom. The van der Waals surface area contributed by atoms with Crippen molar-refractivity contribution in [2.24, 2.45) is 11.8 Å². The van der Waals surface area contributed by atoms with Gasteiger partial charge in [0, 0.05) is 25.7 Å². The summed E-state index contributed by atoms with van der Waals surface area (Å²) in [5.41, 5.74) is 1.28. The molecule has 2 unspecified atom stereocenters. The first-order valence-corrected chi connectivity index (χ1v) is 10.3. The first kappa shape index (κ1) is 19.9. The number of carbonyl (C=O) groups excluding carboxylic acids is 1. The van der Waals surface area contributed by atoms with Gasteiger partial charge in [-0.15, -0.1) is 0 Å². The Morgan fingerprint density at radius 2 is 1.79 bits per heavy atom. The zero-order valence-corrected chi connectivity index (χ0v) is 16.6. The van der Waals surface area contributed by atoms with Gasteiger partial charge >= 0.3 is 5.97 Å². The average molecular weight is 400 g/mol. The molecule has 1 amide bonds. The molecule has 0 radical (unpaired) electrons. The van der Waals surface area contributed by atoms with E-state index in [4.69, 9.17) is 9.47 Å². The molecule has 3 heterocycles. The summed E-state index contributed by atoms with van der Waals surface area (Å²) in [6.45, 7) is 2.84. The highest BCUT2D eigenvalue weighted by Crippen LogP contribution is 2.39. The molecule has 2 fully saturated rings. The van der Waals surface area contributed by atoms with Gasteiger partial charge in [-0.25, -0.2) is 0 Å². The number of hydrogen-bond acceptors (Lipinski definition) is 5. The Labute approximate surface area is 170 Å². The maximum atomic E-state index is 12.8. The molecule has 7 heteroatoms. The fraction of sp³-hybridized carbons (Fsp3) is 0.545. The highest BCUT2D eigenvalue weighted by atomic mass is 16.5. The minimum atomic E-state index is -0.963. The number of amides is 1. The number of carboxylic acids is 1. The van der Waals surface area contributed by atoms with Crippen LogP contribution in [0.5, 0.6) is 5.75 Å². The van der Waals surface area contributed by atoms with Crippen molar-refractivity contribution in [2.45, 2.75) is 37.5 Å². The van der Waals surface area contributed by atoms with E-state index in [2.05, 4.69) is 22.3 Å². The van der Waals surface area contributed by atoms with Crippen LogP contribution in [-0.2, 0) is 20.7 Å². The van der Waals surface area contributed by atoms with E-state index < -0.39 is 30.0 Å². The summed E-state index contributed by atoms with van der Waals surface area (Å²) < 4.78 is 10.8. The van der Waals surface area contributed by atoms with Crippen molar-refractivity contribution < 1.29 is 24.2 Å². The molecule has 0 spiro atoms. The third-order valence-electron chi connectivity index (χ3n) is 6.30. The Morgan fingerprint density at radius 3 is 2.41 bits per heavy atom. The molecular formula is C22H28N2O5. The molecule has 2 N–H and O–H groups in total. The van der Waals surface area contributed by atoms with Crippen LogP contribution in [-0.4, -0.2) is 66.9 Å². The highest BCUT2D eigenvalue weighted by molar-refractivity contribution is 5.87. The number of rotatable bonds is 7. The van der Waals surface area contributed by atoms with Gasteiger partial charge in [-0.05, 0) is 37.0 Å². The van der Waals surface area contributed by atoms with Crippen LogP contribution in [0.25, 0.3) is 0 Å². The van der Waals surface area contributed by atoms with Gasteiger partial charge in [0.05, 0.1) is 25.2 Å². The number of methoxy groups -OCH3 is 1. The second-order valence-corrected chi connectivity index (χ2v) is 8.06. The predicted molar refractivity (Wildman–Crippen MR) is 107 cm³/mol. The third kappa shape index (κ3) is 4.31. The number of fused-ring (bicyclic) bond motifs is 2. The second-order valence-electron chi connectivity index (χ2n) is 8.06. The van der Waals surface area contributed by atoms with E-state index in [1.165, 1.54) is 5.56 Å². The van der Waals surface area contributed by atoms with Crippen LogP contribution in [0.4, 0.5) is 0 Å². The average Bonchev–Trinajstić information content (AvgIpc) is 3.35. The van der Waals surface area contributed by atoms with Crippen LogP contribution in [0, 0.1) is 11.8 Å². The molecule has 2 bridgehead atoms. The Kier molecular flexibility index (Phi) is 5.87. The van der Waals surface area contributed by atoms with Crippen molar-refractivity contribution in [3.05, 3.63) is 42.0 Å². The minimum absolute atomic E-state index is 0.0947. The summed E-state index contributed by atoms with van der Waals surface area (Å²) >= 11 is 0. The minimum Gasteiger partial charge on any atom is -0.497 e. The number of aliphatic carboxylic acids is 1. The number of piperidine rings is 1. The molecule has 4 rings (SSSR count). The van der Waals surface area contributed by atoms with E-state index in [1.54, 1.807) is 13.2 Å². The number of ether oxygens (including phenoxy) is 2. The van der Waals surface area contributed by atoms with Crippen molar-refractivity contribution >= 4 is 11.9 Å². The molecule has 4 atom stereocenters. The second kappa shape index (κ2) is 8.55. The van der Waals surface area contributed by atoms with E-state index in [-0.39, 0.29) is 11.9 Å². The van der Waals surface area contributed by atoms with E-state index in [0.29, 0.717) is 0 Å². The standard InChI is InChI=1S/C22H28N2O5/c1-28-16-4-2-14(3-5-16)8-11-24-12-9-15(10-13-24)23-21(25)19-17-6-7-18(29-17)20(19)22(26)27/h2-7,15,17-20H,8-13H2,1H3,(H,23,25)(H,26,27)/t17-,18+,19?,20?/m0/s1. The predicted octanol–water partition coefficient (Wildman–Crippen LogP) is 1.47. The topological polar surface area (TPSA) is 88.1 Å². The van der Waals surface area contributed by atoms with Gasteiger partial charge in [0.2, 0.25) is 5.91 Å². The van der Waals surface area contributed by atoms with Crippen molar-refractivity contribution in [3.63, 3.8) is 0 Å². The number of nitrogens with zero attached hydrogens (tertiary/aromatic N) is 1. The lowest BCUT2D eigenvalue weighted by molar-refractivity contribution is -0.146. The molecular weight excluding hydrogens is 372 g/mol. The SMILES string of the molecule is COc1ccc(CCN2CCC(NC(=O)C3C(C(=O)O)[C@H]4C=C[C@@H]3O4)CC2)cc1. The maximum Gasteiger partial charge on any atom is 0.310 e. The number of hydrogen-bond donors (Lipinski definition) is 2. The van der Waals surface area contributed by atoms with Gasteiger partial charge in [-0.2, -0.15) is 0 Å². The summed E-state index contributed by atoms with van der Waals surface area (Å²) in [4.78, 5) is 26.7. The number of benzene rings is 1. The molecule has 2 saturated heterocycles. The Bertz CT molecular complexity index is 770. The summed E-state index contributed by atoms with van der Waals surface area (Å²) in [5, 5.41) is 12.6. The number of likely N-dealkylation sites (tertiary alicyclic amines) is 1. The van der Waals surface area contributed by atoms with Gasteiger partial charge < -0.3 is 24.8 Å². The van der Waals surface area contributed by atoms with Gasteiger partial charge in [-0.1, -0.05) is 24.3 Å². The van der Waals surface area contributed by atoms with Gasteiger partial charge in [0.15, 0.2) is 0 Å². The molecule has 0 saturated carbocycles. The number of carbonyl (C=O) groups is 2. The van der Waals surface area contributed by atoms with Gasteiger partial charge in [0.25, 0.3) is 0 Å². The molecule has 3 aliphatic heterocycles. The Hall–Kier alpha value is -2.38. The zero-order chi connectivity index (χ0) is 20.4. The molecule has 1 aromatic carbocycles. The molecule has 29 heavy (non-hydrogen) atoms. The fourth-order valence-electron chi connectivity index (χ4n) is 4.59. The van der Waals surface area contributed by atoms with Crippen molar-refractivity contribution in [1.29, 1.82) is 0 Å². The molecule has 0 aliphatic carbocycles. The first-order valence-electron chi connectivity index (χ1n) is 10.3. The zero-order valence-electron chi connectivity index (χ0n) is 16.6. The molecule has 0 aromatic heterocycles. The first-order chi connectivity index (χ1) is 14.0. The van der Waals surface area contributed by atoms with Crippen molar-refractivity contribution in [2.75, 3.05) is 26.7 Å². The van der Waals surface area contributed by atoms with Crippen LogP contribution in [0.15, 0.2) is 36.4 Å². The van der Waals surface area contributed by atoms with Crippen LogP contribution in [0.1, 0.15) is 18.4 Å². The van der Waals surface area contributed by atoms with E-state index in [9.17, 15) is 14.7 Å². The summed E-state index contributed by atoms with van der Waals surface area (Å²) in [5.74, 6) is -1.70. The van der Waals surface area contributed by atoms with Crippen LogP contribution in [0.2, 0.25) is 0 Å². The van der Waals surface area contributed by atoms with Crippen LogP contribution in [0.3, 0.4) is 0 Å². The molecule has 1 aromatic rings. The van der Waals surface area contributed by atoms with Gasteiger partial charge in [0.1, 0.15) is 11.7 Å². The quantitative estimate of drug-likeness (QED) is 0.674. The largest absolute Gasteiger partial charge is 0.497 e. The Balaban J connectivity index is 1.23. The summed E-state index contributed by atoms with van der Waals surface area (Å²) in [7, 11) is 1.67. The molecule has 7 nitrogen and oxygen atoms in total. The highest BCUT2D eigenvalue weighted by Gasteiger charge is 2.53. The number of carboxylic acid groups (broad SMARTS) is 1. The van der Waals surface area contributed by atoms with E-state index >= 15 is 0 Å². The lowest BCUT2D eigenvalue weighted by Crippen LogP contribution is -2.49. The van der Waals surface area contributed by atoms with Crippen LogP contribution < -0.4 is 10.1 Å². The molecule has 3 aliphatic rings. The van der Waals surface area contributed by atoms with E-state index in [1.807, 2.05) is 18.2 Å². The third-order valence-corrected chi connectivity index (χ3v) is 6.30. The fourth-order valence-corrected chi connectivity index (χ4v) is 4.59. The van der Waals surface area contributed by atoms with Gasteiger partial charge in [-0.3, -0.25) is 9.59 Å². The van der Waals surface area contributed by atoms with Crippen LogP contribution >= 0.6 is 0 Å². The lowest BCUT2D eigenvalue weighted by Gasteiger charge is -2.33. The summed E-state index contributed by atoms with van der Waals surface area (Å²) in [6.07, 6.45) is 5.42. The molecule has 156 valence electrons. The smallest absolute Gasteiger partial charge is 0.310 e. The lowest BCUT2D eigenvalue weighted by atomic mass is 9.82. The summed E-state index contributed by atoms with van der Waals surface area (Å²) in [6, 6.07) is 8.25. The van der Waals surface area contributed by atoms with Crippen molar-refractivity contribution in [3.8, 4) is 5.75 Å². The normalized spacial score (nSPS) is 29.1. The maximum absolute atomic E-state index is 12.8.